The van der Waals surface area contributed by atoms with Crippen LogP contribution in [-0.4, -0.2) is 78.7 Å². The van der Waals surface area contributed by atoms with Crippen molar-refractivity contribution in [2.75, 3.05) is 49.6 Å². The number of nitriles is 1. The number of carbonyl (C=O) groups is 1. The predicted molar refractivity (Wildman–Crippen MR) is 172 cm³/mol. The van der Waals surface area contributed by atoms with E-state index < -0.39 is 0 Å². The quantitative estimate of drug-likeness (QED) is 0.379. The third kappa shape index (κ3) is 5.31. The second kappa shape index (κ2) is 11.9. The molecule has 0 radical (unpaired) electrons. The number of aromatic nitrogens is 1. The molecule has 0 unspecified atom stereocenters. The lowest BCUT2D eigenvalue weighted by Gasteiger charge is -2.46. The normalized spacial score (nSPS) is 22.4. The smallest absolute Gasteiger partial charge is 0.246 e. The molecule has 3 aliphatic rings. The van der Waals surface area contributed by atoms with E-state index in [1.54, 1.807) is 0 Å². The van der Waals surface area contributed by atoms with E-state index in [-0.39, 0.29) is 18.0 Å². The molecule has 0 saturated carbocycles. The van der Waals surface area contributed by atoms with E-state index in [1.165, 1.54) is 28.1 Å². The van der Waals surface area contributed by atoms with Crippen LogP contribution in [0.2, 0.25) is 0 Å². The number of anilines is 2. The number of ether oxygens (including phenoxy) is 1. The molecule has 224 valence electrons. The fraction of sp³-hybridized carbons (Fsp3) is 0.457. The first-order valence-corrected chi connectivity index (χ1v) is 15.5. The van der Waals surface area contributed by atoms with Crippen molar-refractivity contribution in [1.82, 2.24) is 14.8 Å². The van der Waals surface area contributed by atoms with Crippen LogP contribution in [0.5, 0.6) is 5.88 Å². The van der Waals surface area contributed by atoms with Crippen molar-refractivity contribution in [3.63, 3.8) is 0 Å². The number of pyridine rings is 1. The van der Waals surface area contributed by atoms with E-state index in [9.17, 15) is 10.1 Å². The first-order valence-electron chi connectivity index (χ1n) is 15.5. The van der Waals surface area contributed by atoms with E-state index >= 15 is 0 Å². The van der Waals surface area contributed by atoms with Gasteiger partial charge < -0.3 is 24.3 Å². The van der Waals surface area contributed by atoms with Crippen LogP contribution >= 0.6 is 0 Å². The number of hydrogen-bond donors (Lipinski definition) is 0. The summed E-state index contributed by atoms with van der Waals surface area (Å²) in [5.41, 5.74) is 6.00. The zero-order chi connectivity index (χ0) is 30.2. The van der Waals surface area contributed by atoms with Gasteiger partial charge in [-0.25, -0.2) is 4.98 Å². The van der Waals surface area contributed by atoms with Crippen LogP contribution in [0.1, 0.15) is 49.1 Å². The molecule has 2 saturated heterocycles. The lowest BCUT2D eigenvalue weighted by atomic mass is 9.95. The van der Waals surface area contributed by atoms with E-state index in [0.29, 0.717) is 43.7 Å². The second-order valence-electron chi connectivity index (χ2n) is 12.4. The monoisotopic (exact) mass is 578 g/mol. The van der Waals surface area contributed by atoms with Gasteiger partial charge in [0.15, 0.2) is 0 Å². The number of nitrogens with zero attached hydrogens (tertiary/aromatic N) is 6. The Morgan fingerprint density at radius 3 is 2.56 bits per heavy atom. The summed E-state index contributed by atoms with van der Waals surface area (Å²) in [5, 5.41) is 13.1. The average Bonchev–Trinajstić information content (AvgIpc) is 3.42. The summed E-state index contributed by atoms with van der Waals surface area (Å²) < 4.78 is 6.44. The minimum Gasteiger partial charge on any atom is -0.475 e. The Kier molecular flexibility index (Phi) is 8.02. The van der Waals surface area contributed by atoms with Gasteiger partial charge >= 0.3 is 0 Å². The highest BCUT2D eigenvalue weighted by molar-refractivity contribution is 5.97. The number of benzene rings is 2. The number of likely N-dealkylation sites (tertiary alicyclic amines) is 1. The zero-order valence-electron chi connectivity index (χ0n) is 25.8. The third-order valence-electron chi connectivity index (χ3n) is 9.59. The van der Waals surface area contributed by atoms with Gasteiger partial charge in [-0.2, -0.15) is 5.26 Å². The molecule has 4 heterocycles. The molecule has 8 nitrogen and oxygen atoms in total. The highest BCUT2D eigenvalue weighted by Gasteiger charge is 2.36. The van der Waals surface area contributed by atoms with Crippen LogP contribution in [0, 0.1) is 18.3 Å². The molecule has 3 aromatic rings. The number of hydrogen-bond acceptors (Lipinski definition) is 7. The fourth-order valence-electron chi connectivity index (χ4n) is 7.47. The first-order chi connectivity index (χ1) is 20.8. The van der Waals surface area contributed by atoms with E-state index in [1.807, 2.05) is 4.90 Å². The predicted octanol–water partition coefficient (Wildman–Crippen LogP) is 5.06. The molecule has 0 bridgehead atoms. The molecule has 2 aromatic carbocycles. The molecular weight excluding hydrogens is 536 g/mol. The Morgan fingerprint density at radius 1 is 1.14 bits per heavy atom. The van der Waals surface area contributed by atoms with Crippen molar-refractivity contribution in [2.45, 2.75) is 64.7 Å². The molecule has 8 heteroatoms. The first kappa shape index (κ1) is 29.0. The molecule has 3 atom stereocenters. The SMILES string of the molecule is C=CC(=O)N1[C@H](C)CN(c2c(C#N)c(OC[C@@H]3CCCN3C)nc3c2CCN(c2cccc4cccc(C)c24)C3)C[C@@H]1C. The Labute approximate surface area is 255 Å². The molecule has 3 aliphatic heterocycles. The number of carbonyl (C=O) groups excluding carboxylic acids is 1. The van der Waals surface area contributed by atoms with E-state index in [2.05, 4.69) is 91.6 Å². The maximum Gasteiger partial charge on any atom is 0.246 e. The van der Waals surface area contributed by atoms with Crippen LogP contribution in [0.4, 0.5) is 11.4 Å². The van der Waals surface area contributed by atoms with Gasteiger partial charge in [0, 0.05) is 54.4 Å². The molecule has 1 aromatic heterocycles. The van der Waals surface area contributed by atoms with Crippen molar-refractivity contribution in [3.05, 3.63) is 71.4 Å². The summed E-state index contributed by atoms with van der Waals surface area (Å²) in [6.45, 7) is 14.3. The number of piperazine rings is 1. The Balaban J connectivity index is 1.41. The number of amides is 1. The molecule has 1 amide bonds. The molecular formula is C35H42N6O2. The van der Waals surface area contributed by atoms with Gasteiger partial charge in [0.25, 0.3) is 0 Å². The molecule has 0 spiro atoms. The van der Waals surface area contributed by atoms with Gasteiger partial charge in [0.1, 0.15) is 18.2 Å². The average molecular weight is 579 g/mol. The van der Waals surface area contributed by atoms with Gasteiger partial charge in [-0.05, 0) is 76.7 Å². The summed E-state index contributed by atoms with van der Waals surface area (Å²) in [6, 6.07) is 15.7. The maximum absolute atomic E-state index is 12.7. The lowest BCUT2D eigenvalue weighted by molar-refractivity contribution is -0.130. The van der Waals surface area contributed by atoms with Crippen LogP contribution in [-0.2, 0) is 17.8 Å². The van der Waals surface area contributed by atoms with Crippen molar-refractivity contribution < 1.29 is 9.53 Å². The topological polar surface area (TPSA) is 75.9 Å². The van der Waals surface area contributed by atoms with Crippen LogP contribution in [0.3, 0.4) is 0 Å². The number of rotatable bonds is 6. The zero-order valence-corrected chi connectivity index (χ0v) is 25.8. The van der Waals surface area contributed by atoms with E-state index in [4.69, 9.17) is 9.72 Å². The van der Waals surface area contributed by atoms with Gasteiger partial charge in [0.05, 0.1) is 17.9 Å². The highest BCUT2D eigenvalue weighted by atomic mass is 16.5. The second-order valence-corrected chi connectivity index (χ2v) is 12.4. The third-order valence-corrected chi connectivity index (χ3v) is 9.59. The van der Waals surface area contributed by atoms with E-state index in [0.717, 1.165) is 49.3 Å². The van der Waals surface area contributed by atoms with Crippen molar-refractivity contribution in [3.8, 4) is 11.9 Å². The largest absolute Gasteiger partial charge is 0.475 e. The van der Waals surface area contributed by atoms with Gasteiger partial charge in [0.2, 0.25) is 11.8 Å². The summed E-state index contributed by atoms with van der Waals surface area (Å²) in [5.74, 6) is 0.375. The Morgan fingerprint density at radius 2 is 1.88 bits per heavy atom. The standard InChI is InChI=1S/C35H42N6O2/c1-6-32(42)41-24(3)19-40(20-25(41)4)34-28-15-17-39(31-14-8-12-26-11-7-10-23(2)33(26)31)21-30(28)37-35(29(34)18-36)43-22-27-13-9-16-38(27)5/h6-8,10-12,14,24-25,27H,1,9,13,15-17,19-22H2,2-5H3/t24-,25+,27-/m0/s1. The summed E-state index contributed by atoms with van der Waals surface area (Å²) >= 11 is 0. The van der Waals surface area contributed by atoms with Crippen LogP contribution in [0.15, 0.2) is 49.1 Å². The number of likely N-dealkylation sites (N-methyl/N-ethyl adjacent to an activating group) is 1. The van der Waals surface area contributed by atoms with Gasteiger partial charge in [-0.3, -0.25) is 4.79 Å². The minimum absolute atomic E-state index is 0.0279. The fourth-order valence-corrected chi connectivity index (χ4v) is 7.47. The van der Waals surface area contributed by atoms with Crippen molar-refractivity contribution >= 4 is 28.1 Å². The number of aryl methyl sites for hydroxylation is 1. The Hall–Kier alpha value is -4.09. The molecule has 0 aliphatic carbocycles. The maximum atomic E-state index is 12.7. The lowest BCUT2D eigenvalue weighted by Crippen LogP contribution is -2.58. The minimum atomic E-state index is -0.0531. The summed E-state index contributed by atoms with van der Waals surface area (Å²) in [4.78, 5) is 26.7. The molecule has 2 fully saturated rings. The number of fused-ring (bicyclic) bond motifs is 2. The van der Waals surface area contributed by atoms with Crippen molar-refractivity contribution in [1.29, 1.82) is 5.26 Å². The molecule has 0 N–H and O–H groups in total. The van der Waals surface area contributed by atoms with Crippen molar-refractivity contribution in [2.24, 2.45) is 0 Å². The van der Waals surface area contributed by atoms with Gasteiger partial charge in [-0.1, -0.05) is 36.9 Å². The van der Waals surface area contributed by atoms with Crippen LogP contribution < -0.4 is 14.5 Å². The summed E-state index contributed by atoms with van der Waals surface area (Å²) in [7, 11) is 2.13. The molecule has 43 heavy (non-hydrogen) atoms. The highest BCUT2D eigenvalue weighted by Crippen LogP contribution is 2.40. The molecule has 6 rings (SSSR count). The van der Waals surface area contributed by atoms with Crippen LogP contribution in [0.25, 0.3) is 10.8 Å². The van der Waals surface area contributed by atoms with Gasteiger partial charge in [-0.15, -0.1) is 0 Å². The summed E-state index contributed by atoms with van der Waals surface area (Å²) in [6.07, 6.45) is 4.40. The Bertz CT molecular complexity index is 1580.